The molecule has 0 N–H and O–H groups in total. The van der Waals surface area contributed by atoms with E-state index < -0.39 is 6.10 Å². The normalized spacial score (nSPS) is 12.5. The van der Waals surface area contributed by atoms with Gasteiger partial charge in [-0.15, -0.1) is 0 Å². The number of carbonyl (C=O) groups is 3. The van der Waals surface area contributed by atoms with Crippen LogP contribution < -0.4 is 0 Å². The van der Waals surface area contributed by atoms with Gasteiger partial charge in [-0.05, 0) is 83.5 Å². The molecule has 0 amide bonds. The highest BCUT2D eigenvalue weighted by Crippen LogP contribution is 2.13. The van der Waals surface area contributed by atoms with Gasteiger partial charge >= 0.3 is 17.9 Å². The standard InChI is InChI=1S/C53H92O6/c1-4-7-10-13-16-18-20-22-24-25-26-27-28-29-30-32-33-35-37-40-43-46-52(55)58-49-50(48-57-51(54)45-42-39-15-12-9-6-3)59-53(56)47-44-41-38-36-34-31-23-21-19-17-14-11-8-5-2/h14,17,20-23,25-26,28-29,50H,4-13,15-16,18-19,24,27,30-49H2,1-3H3/b17-14-,22-20-,23-21-,26-25-,29-28-. The Kier molecular flexibility index (Phi) is 45.4. The molecule has 6 nitrogen and oxygen atoms in total. The van der Waals surface area contributed by atoms with Crippen LogP contribution in [0.4, 0.5) is 0 Å². The van der Waals surface area contributed by atoms with Gasteiger partial charge in [-0.2, -0.15) is 0 Å². The number of allylic oxidation sites excluding steroid dienone is 10. The molecule has 340 valence electrons. The lowest BCUT2D eigenvalue weighted by Crippen LogP contribution is -2.30. The number of unbranched alkanes of at least 4 members (excludes halogenated alkanes) is 23. The maximum Gasteiger partial charge on any atom is 0.306 e. The molecular formula is C53H92O6. The average molecular weight is 825 g/mol. The van der Waals surface area contributed by atoms with Crippen molar-refractivity contribution in [2.24, 2.45) is 0 Å². The number of hydrogen-bond donors (Lipinski definition) is 0. The summed E-state index contributed by atoms with van der Waals surface area (Å²) >= 11 is 0. The molecule has 0 rings (SSSR count). The first kappa shape index (κ1) is 56.1. The Morgan fingerprint density at radius 1 is 0.339 bits per heavy atom. The third-order valence-electron chi connectivity index (χ3n) is 10.5. The third kappa shape index (κ3) is 46.0. The molecule has 59 heavy (non-hydrogen) atoms. The molecule has 6 heteroatoms. The van der Waals surface area contributed by atoms with Crippen molar-refractivity contribution in [1.82, 2.24) is 0 Å². The first-order valence-corrected chi connectivity index (χ1v) is 24.8. The van der Waals surface area contributed by atoms with E-state index in [4.69, 9.17) is 14.2 Å². The molecule has 0 fully saturated rings. The molecule has 1 atom stereocenters. The van der Waals surface area contributed by atoms with Crippen LogP contribution in [0.25, 0.3) is 0 Å². The van der Waals surface area contributed by atoms with Crippen LogP contribution in [0.2, 0.25) is 0 Å². The van der Waals surface area contributed by atoms with Crippen LogP contribution in [0.5, 0.6) is 0 Å². The molecule has 0 aliphatic carbocycles. The number of rotatable bonds is 44. The molecule has 0 aliphatic rings. The monoisotopic (exact) mass is 825 g/mol. The Morgan fingerprint density at radius 3 is 1.00 bits per heavy atom. The minimum absolute atomic E-state index is 0.0847. The molecule has 0 bridgehead atoms. The molecule has 0 saturated heterocycles. The highest BCUT2D eigenvalue weighted by atomic mass is 16.6. The molecular weight excluding hydrogens is 733 g/mol. The second-order valence-corrected chi connectivity index (χ2v) is 16.4. The number of esters is 3. The Balaban J connectivity index is 4.25. The predicted octanol–water partition coefficient (Wildman–Crippen LogP) is 16.1. The first-order valence-electron chi connectivity index (χ1n) is 24.8. The zero-order chi connectivity index (χ0) is 43.0. The van der Waals surface area contributed by atoms with Crippen molar-refractivity contribution in [3.05, 3.63) is 60.8 Å². The molecule has 0 saturated carbocycles. The molecule has 0 aromatic heterocycles. The van der Waals surface area contributed by atoms with E-state index in [9.17, 15) is 14.4 Å². The largest absolute Gasteiger partial charge is 0.462 e. The van der Waals surface area contributed by atoms with E-state index in [2.05, 4.69) is 81.5 Å². The minimum atomic E-state index is -0.782. The molecule has 1 unspecified atom stereocenters. The van der Waals surface area contributed by atoms with Crippen molar-refractivity contribution in [2.75, 3.05) is 13.2 Å². The summed E-state index contributed by atoms with van der Waals surface area (Å²) in [6.45, 7) is 6.50. The Morgan fingerprint density at radius 2 is 0.627 bits per heavy atom. The van der Waals surface area contributed by atoms with Gasteiger partial charge in [-0.1, -0.05) is 197 Å². The number of ether oxygens (including phenoxy) is 3. The minimum Gasteiger partial charge on any atom is -0.462 e. The second kappa shape index (κ2) is 47.8. The van der Waals surface area contributed by atoms with Crippen LogP contribution in [0.1, 0.15) is 239 Å². The quantitative estimate of drug-likeness (QED) is 0.0263. The summed E-state index contributed by atoms with van der Waals surface area (Å²) in [5.41, 5.74) is 0. The Labute approximate surface area is 364 Å². The van der Waals surface area contributed by atoms with Crippen molar-refractivity contribution in [1.29, 1.82) is 0 Å². The summed E-state index contributed by atoms with van der Waals surface area (Å²) in [5, 5.41) is 0. The fraction of sp³-hybridized carbons (Fsp3) is 0.755. The molecule has 0 aromatic carbocycles. The van der Waals surface area contributed by atoms with Gasteiger partial charge in [0.25, 0.3) is 0 Å². The van der Waals surface area contributed by atoms with Gasteiger partial charge in [0.15, 0.2) is 6.10 Å². The van der Waals surface area contributed by atoms with E-state index in [1.54, 1.807) is 0 Å². The van der Waals surface area contributed by atoms with E-state index in [0.717, 1.165) is 103 Å². The molecule has 0 aromatic rings. The van der Waals surface area contributed by atoms with Gasteiger partial charge in [0.1, 0.15) is 13.2 Å². The van der Waals surface area contributed by atoms with Gasteiger partial charge in [0.05, 0.1) is 0 Å². The highest BCUT2D eigenvalue weighted by molar-refractivity contribution is 5.71. The van der Waals surface area contributed by atoms with E-state index in [1.165, 1.54) is 96.3 Å². The summed E-state index contributed by atoms with van der Waals surface area (Å²) in [4.78, 5) is 37.7. The topological polar surface area (TPSA) is 78.9 Å². The average Bonchev–Trinajstić information content (AvgIpc) is 3.23. The van der Waals surface area contributed by atoms with Crippen molar-refractivity contribution in [3.63, 3.8) is 0 Å². The maximum atomic E-state index is 12.7. The van der Waals surface area contributed by atoms with Crippen LogP contribution in [-0.2, 0) is 28.6 Å². The van der Waals surface area contributed by atoms with Gasteiger partial charge in [-0.25, -0.2) is 0 Å². The van der Waals surface area contributed by atoms with Gasteiger partial charge in [-0.3, -0.25) is 14.4 Å². The number of hydrogen-bond acceptors (Lipinski definition) is 6. The van der Waals surface area contributed by atoms with Crippen LogP contribution >= 0.6 is 0 Å². The predicted molar refractivity (Wildman–Crippen MR) is 251 cm³/mol. The molecule has 0 heterocycles. The van der Waals surface area contributed by atoms with E-state index in [1.807, 2.05) is 0 Å². The van der Waals surface area contributed by atoms with E-state index in [-0.39, 0.29) is 31.1 Å². The zero-order valence-electron chi connectivity index (χ0n) is 38.8. The zero-order valence-corrected chi connectivity index (χ0v) is 38.8. The first-order chi connectivity index (χ1) is 29.0. The lowest BCUT2D eigenvalue weighted by molar-refractivity contribution is -0.167. The summed E-state index contributed by atoms with van der Waals surface area (Å²) in [6, 6.07) is 0. The van der Waals surface area contributed by atoms with E-state index >= 15 is 0 Å². The Hall–Kier alpha value is -2.89. The maximum absolute atomic E-state index is 12.7. The second-order valence-electron chi connectivity index (χ2n) is 16.4. The fourth-order valence-electron chi connectivity index (χ4n) is 6.70. The Bertz CT molecular complexity index is 1090. The van der Waals surface area contributed by atoms with Crippen LogP contribution in [0.3, 0.4) is 0 Å². The van der Waals surface area contributed by atoms with Crippen LogP contribution in [-0.4, -0.2) is 37.2 Å². The lowest BCUT2D eigenvalue weighted by atomic mass is 10.1. The van der Waals surface area contributed by atoms with Crippen molar-refractivity contribution in [2.45, 2.75) is 245 Å². The van der Waals surface area contributed by atoms with Gasteiger partial charge < -0.3 is 14.2 Å². The van der Waals surface area contributed by atoms with Crippen LogP contribution in [0, 0.1) is 0 Å². The SMILES string of the molecule is CCCC/C=C\C/C=C\CCCCCCCC(=O)OC(COC(=O)CCCCCCCC)COC(=O)CCCCCCCC/C=C\C/C=C\C/C=C\CCCCCCC. The molecule has 0 radical (unpaired) electrons. The fourth-order valence-corrected chi connectivity index (χ4v) is 6.70. The lowest BCUT2D eigenvalue weighted by Gasteiger charge is -2.18. The van der Waals surface area contributed by atoms with E-state index in [0.29, 0.717) is 19.3 Å². The summed E-state index contributed by atoms with van der Waals surface area (Å²) < 4.78 is 16.7. The summed E-state index contributed by atoms with van der Waals surface area (Å²) in [6.07, 6.45) is 57.9. The molecule has 0 aliphatic heterocycles. The van der Waals surface area contributed by atoms with Crippen LogP contribution in [0.15, 0.2) is 60.8 Å². The van der Waals surface area contributed by atoms with Gasteiger partial charge in [0.2, 0.25) is 0 Å². The van der Waals surface area contributed by atoms with Crippen molar-refractivity contribution in [3.8, 4) is 0 Å². The summed E-state index contributed by atoms with van der Waals surface area (Å²) in [7, 11) is 0. The smallest absolute Gasteiger partial charge is 0.306 e. The van der Waals surface area contributed by atoms with Crippen molar-refractivity contribution >= 4 is 17.9 Å². The third-order valence-corrected chi connectivity index (χ3v) is 10.5. The van der Waals surface area contributed by atoms with Gasteiger partial charge in [0, 0.05) is 19.3 Å². The summed E-state index contributed by atoms with van der Waals surface area (Å²) in [5.74, 6) is -0.921. The number of carbonyl (C=O) groups excluding carboxylic acids is 3. The molecule has 0 spiro atoms. The van der Waals surface area contributed by atoms with Crippen molar-refractivity contribution < 1.29 is 28.6 Å². The highest BCUT2D eigenvalue weighted by Gasteiger charge is 2.19.